The summed E-state index contributed by atoms with van der Waals surface area (Å²) in [5.74, 6) is 2.56. The predicted octanol–water partition coefficient (Wildman–Crippen LogP) is 4.65. The van der Waals surface area contributed by atoms with Crippen LogP contribution in [0.3, 0.4) is 0 Å². The maximum absolute atomic E-state index is 13.7. The van der Waals surface area contributed by atoms with E-state index in [1.165, 1.54) is 12.8 Å². The largest absolute Gasteiger partial charge is 0.494 e. The number of ether oxygens (including phenoxy) is 1. The van der Waals surface area contributed by atoms with Crippen molar-refractivity contribution in [3.8, 4) is 17.3 Å². The third-order valence-corrected chi connectivity index (χ3v) is 9.59. The lowest BCUT2D eigenvalue weighted by atomic mass is 10.1. The fourth-order valence-corrected chi connectivity index (χ4v) is 7.27. The van der Waals surface area contributed by atoms with Crippen LogP contribution in [0.25, 0.3) is 33.5 Å². The Kier molecular flexibility index (Phi) is 5.66. The van der Waals surface area contributed by atoms with E-state index in [1.807, 2.05) is 43.5 Å². The smallest absolute Gasteiger partial charge is 0.254 e. The van der Waals surface area contributed by atoms with Crippen molar-refractivity contribution in [3.63, 3.8) is 0 Å². The van der Waals surface area contributed by atoms with Gasteiger partial charge in [0.05, 0.1) is 41.4 Å². The minimum Gasteiger partial charge on any atom is -0.494 e. The van der Waals surface area contributed by atoms with Gasteiger partial charge in [-0.3, -0.25) is 9.48 Å². The van der Waals surface area contributed by atoms with Crippen LogP contribution in [0.15, 0.2) is 48.8 Å². The maximum Gasteiger partial charge on any atom is 0.254 e. The summed E-state index contributed by atoms with van der Waals surface area (Å²) in [7, 11) is 5.60. The van der Waals surface area contributed by atoms with Gasteiger partial charge in [-0.25, -0.2) is 4.98 Å². The van der Waals surface area contributed by atoms with Gasteiger partial charge in [0, 0.05) is 56.4 Å². The molecule has 4 heterocycles. The van der Waals surface area contributed by atoms with Gasteiger partial charge in [-0.1, -0.05) is 12.1 Å². The van der Waals surface area contributed by atoms with Crippen LogP contribution in [0.4, 0.5) is 11.4 Å². The summed E-state index contributed by atoms with van der Waals surface area (Å²) < 4.78 is 12.2. The zero-order valence-electron chi connectivity index (χ0n) is 24.2. The van der Waals surface area contributed by atoms with Gasteiger partial charge in [0.25, 0.3) is 5.91 Å². The Morgan fingerprint density at radius 3 is 2.67 bits per heavy atom. The Bertz CT molecular complexity index is 1860. The maximum atomic E-state index is 13.7. The molecule has 2 saturated carbocycles. The van der Waals surface area contributed by atoms with Crippen molar-refractivity contribution in [1.29, 1.82) is 0 Å². The van der Waals surface area contributed by atoms with Crippen molar-refractivity contribution < 1.29 is 9.53 Å². The summed E-state index contributed by atoms with van der Waals surface area (Å²) in [6.45, 7) is 1.65. The standard InChI is InChI=1S/C32H36N8O2/c1-37-17-22(14-34-37)35-23-6-4-5-19-12-26(39(29(19)23)15-18-7-8-18)31-36-24-11-21(13-27(42-3)30(24)38(31)2)32(41)40-16-20-9-10-25(40)28(20)33/h4-6,11-14,17-18,20,25,28,35H,7-10,15-16,33H2,1-3H3/t20-,25-,28-/m1/s1. The zero-order chi connectivity index (χ0) is 28.7. The van der Waals surface area contributed by atoms with Gasteiger partial charge in [-0.15, -0.1) is 0 Å². The Labute approximate surface area is 244 Å². The number of nitrogens with one attached hydrogen (secondary N) is 1. The number of likely N-dealkylation sites (tertiary alicyclic amines) is 1. The van der Waals surface area contributed by atoms with Gasteiger partial charge >= 0.3 is 0 Å². The minimum absolute atomic E-state index is 0.0130. The number of rotatable bonds is 7. The molecule has 1 aliphatic heterocycles. The highest BCUT2D eigenvalue weighted by Crippen LogP contribution is 2.41. The van der Waals surface area contributed by atoms with Crippen molar-refractivity contribution in [1.82, 2.24) is 28.8 Å². The first kappa shape index (κ1) is 25.4. The number of anilines is 2. The molecule has 0 radical (unpaired) electrons. The number of para-hydroxylation sites is 1. The van der Waals surface area contributed by atoms with Crippen molar-refractivity contribution in [2.24, 2.45) is 31.7 Å². The number of carbonyl (C=O) groups excluding carboxylic acids is 1. The molecule has 3 aromatic heterocycles. The normalized spacial score (nSPS) is 21.6. The number of nitrogens with zero attached hydrogens (tertiary/aromatic N) is 6. The molecule has 3 atom stereocenters. The van der Waals surface area contributed by atoms with Crippen LogP contribution >= 0.6 is 0 Å². The predicted molar refractivity (Wildman–Crippen MR) is 163 cm³/mol. The molecule has 2 bridgehead atoms. The molecule has 216 valence electrons. The molecule has 3 N–H and O–H groups in total. The second-order valence-corrected chi connectivity index (χ2v) is 12.3. The van der Waals surface area contributed by atoms with Gasteiger partial charge in [0.2, 0.25) is 0 Å². The van der Waals surface area contributed by atoms with Crippen molar-refractivity contribution >= 4 is 39.2 Å². The number of benzene rings is 2. The molecule has 2 aromatic carbocycles. The molecule has 10 heteroatoms. The monoisotopic (exact) mass is 564 g/mol. The number of carbonyl (C=O) groups is 1. The number of aromatic nitrogens is 5. The lowest BCUT2D eigenvalue weighted by molar-refractivity contribution is 0.0700. The minimum atomic E-state index is 0.0130. The number of piperidine rings is 1. The third kappa shape index (κ3) is 3.92. The number of methoxy groups -OCH3 is 1. The summed E-state index contributed by atoms with van der Waals surface area (Å²) in [6, 6.07) is 12.6. The lowest BCUT2D eigenvalue weighted by Crippen LogP contribution is -2.41. The van der Waals surface area contributed by atoms with Gasteiger partial charge in [-0.05, 0) is 61.8 Å². The van der Waals surface area contributed by atoms with E-state index in [9.17, 15) is 4.79 Å². The number of hydrogen-bond donors (Lipinski definition) is 2. The number of fused-ring (bicyclic) bond motifs is 4. The van der Waals surface area contributed by atoms with Crippen molar-refractivity contribution in [2.45, 2.75) is 44.3 Å². The fraction of sp³-hybridized carbons (Fsp3) is 0.406. The third-order valence-electron chi connectivity index (χ3n) is 9.59. The fourth-order valence-electron chi connectivity index (χ4n) is 7.27. The van der Waals surface area contributed by atoms with E-state index < -0.39 is 0 Å². The quantitative estimate of drug-likeness (QED) is 0.298. The highest BCUT2D eigenvalue weighted by Gasteiger charge is 2.47. The van der Waals surface area contributed by atoms with Gasteiger partial charge in [0.1, 0.15) is 11.3 Å². The first-order valence-corrected chi connectivity index (χ1v) is 14.9. The van der Waals surface area contributed by atoms with Crippen molar-refractivity contribution in [3.05, 3.63) is 54.4 Å². The molecule has 1 saturated heterocycles. The summed E-state index contributed by atoms with van der Waals surface area (Å²) in [4.78, 5) is 20.8. The highest BCUT2D eigenvalue weighted by atomic mass is 16.5. The van der Waals surface area contributed by atoms with E-state index in [4.69, 9.17) is 15.5 Å². The number of nitrogens with two attached hydrogens (primary N) is 1. The van der Waals surface area contributed by atoms with Gasteiger partial charge in [0.15, 0.2) is 5.82 Å². The molecule has 0 unspecified atom stereocenters. The molecule has 1 amide bonds. The molecule has 5 aromatic rings. The first-order chi connectivity index (χ1) is 20.4. The summed E-state index contributed by atoms with van der Waals surface area (Å²) >= 11 is 0. The molecule has 0 spiro atoms. The molecule has 10 nitrogen and oxygen atoms in total. The number of aryl methyl sites for hydroxylation is 2. The summed E-state index contributed by atoms with van der Waals surface area (Å²) in [5.41, 5.74) is 12.8. The zero-order valence-corrected chi connectivity index (χ0v) is 24.2. The van der Waals surface area contributed by atoms with E-state index in [-0.39, 0.29) is 18.0 Å². The van der Waals surface area contributed by atoms with E-state index in [2.05, 4.69) is 43.8 Å². The molecule has 3 fully saturated rings. The lowest BCUT2D eigenvalue weighted by Gasteiger charge is -2.27. The summed E-state index contributed by atoms with van der Waals surface area (Å²) in [5, 5.41) is 9.06. The highest BCUT2D eigenvalue weighted by molar-refractivity contribution is 6.01. The van der Waals surface area contributed by atoms with E-state index in [0.717, 1.165) is 70.8 Å². The molecular formula is C32H36N8O2. The van der Waals surface area contributed by atoms with Crippen LogP contribution in [0.2, 0.25) is 0 Å². The van der Waals surface area contributed by atoms with Crippen LogP contribution < -0.4 is 15.8 Å². The average molecular weight is 565 g/mol. The van der Waals surface area contributed by atoms with Crippen LogP contribution in [0, 0.1) is 11.8 Å². The van der Waals surface area contributed by atoms with Crippen LogP contribution in [0.1, 0.15) is 36.0 Å². The topological polar surface area (TPSA) is 108 Å². The Hall–Kier alpha value is -4.31. The van der Waals surface area contributed by atoms with Gasteiger partial charge in [-0.2, -0.15) is 5.10 Å². The second kappa shape index (κ2) is 9.35. The van der Waals surface area contributed by atoms with E-state index >= 15 is 0 Å². The molecule has 2 aliphatic carbocycles. The van der Waals surface area contributed by atoms with Crippen molar-refractivity contribution in [2.75, 3.05) is 19.0 Å². The molecule has 3 aliphatic rings. The SMILES string of the molecule is COc1cc(C(=O)N2C[C@H]3CC[C@@H]2[C@@H]3N)cc2nc(-c3cc4cccc(Nc5cnn(C)c5)c4n3CC3CC3)n(C)c12. The van der Waals surface area contributed by atoms with Gasteiger partial charge < -0.3 is 29.8 Å². The Morgan fingerprint density at radius 2 is 1.98 bits per heavy atom. The van der Waals surface area contributed by atoms with Crippen LogP contribution in [-0.4, -0.2) is 60.4 Å². The second-order valence-electron chi connectivity index (χ2n) is 12.3. The molecular weight excluding hydrogens is 528 g/mol. The average Bonchev–Trinajstić information content (AvgIpc) is 3.23. The van der Waals surface area contributed by atoms with E-state index in [1.54, 1.807) is 11.8 Å². The van der Waals surface area contributed by atoms with Crippen LogP contribution in [0.5, 0.6) is 5.75 Å². The van der Waals surface area contributed by atoms with E-state index in [0.29, 0.717) is 23.1 Å². The molecule has 8 rings (SSSR count). The summed E-state index contributed by atoms with van der Waals surface area (Å²) in [6.07, 6.45) is 8.38. The molecule has 42 heavy (non-hydrogen) atoms. The number of hydrogen-bond acceptors (Lipinski definition) is 6. The van der Waals surface area contributed by atoms with Crippen LogP contribution in [-0.2, 0) is 20.6 Å². The number of amides is 1. The Morgan fingerprint density at radius 1 is 1.12 bits per heavy atom. The first-order valence-electron chi connectivity index (χ1n) is 14.9. The number of imidazole rings is 1. The Balaban J connectivity index is 1.25.